The van der Waals surface area contributed by atoms with E-state index < -0.39 is 63.7 Å². The number of hydrogen-bond acceptors (Lipinski definition) is 3. The zero-order valence-corrected chi connectivity index (χ0v) is 23.1. The minimum absolute atomic E-state index is 0.258. The van der Waals surface area contributed by atoms with Crippen LogP contribution in [0.3, 0.4) is 0 Å². The van der Waals surface area contributed by atoms with Crippen molar-refractivity contribution >= 4 is 34.4 Å². The Bertz CT molecular complexity index is 1690. The molecule has 0 radical (unpaired) electrons. The summed E-state index contributed by atoms with van der Waals surface area (Å²) in [4.78, 5) is 28.9. The number of halogens is 7. The summed E-state index contributed by atoms with van der Waals surface area (Å²) in [6.45, 7) is 5.89. The van der Waals surface area contributed by atoms with Gasteiger partial charge in [-0.15, -0.1) is 0 Å². The quantitative estimate of drug-likeness (QED) is 0.225. The highest BCUT2D eigenvalue weighted by atomic mass is 35.5. The molecule has 0 aliphatic heterocycles. The molecule has 0 bridgehead atoms. The molecule has 0 aliphatic rings. The lowest BCUT2D eigenvalue weighted by Gasteiger charge is -2.35. The second-order valence-electron chi connectivity index (χ2n) is 10.8. The number of benzene rings is 2. The lowest BCUT2D eigenvalue weighted by atomic mass is 9.80. The molecule has 3 N–H and O–H groups in total. The molecule has 42 heavy (non-hydrogen) atoms. The van der Waals surface area contributed by atoms with Crippen molar-refractivity contribution in [3.8, 4) is 0 Å². The summed E-state index contributed by atoms with van der Waals surface area (Å²) >= 11 is 5.84. The van der Waals surface area contributed by atoms with Crippen molar-refractivity contribution in [1.82, 2.24) is 9.55 Å². The number of nitrogens with zero attached hydrogens (tertiary/aromatic N) is 2. The topological polar surface area (TPSA) is 98.2 Å². The van der Waals surface area contributed by atoms with Gasteiger partial charge in [-0.05, 0) is 46.4 Å². The molecule has 2 aromatic heterocycles. The molecule has 13 heteroatoms. The summed E-state index contributed by atoms with van der Waals surface area (Å²) in [5, 5.41) is 8.91. The molecule has 0 fully saturated rings. The minimum atomic E-state index is -5.01. The molecule has 222 valence electrons. The van der Waals surface area contributed by atoms with Crippen LogP contribution in [-0.4, -0.2) is 26.5 Å². The Labute approximate surface area is 240 Å². The standard InChI is InChI=1S/C29H24ClF6N3O3/c1-26(2,3)17-6-4-15(5-7-17)14-27(25(37)42,18-8-9-20(30)19(13-18)28(31,32)33)39-11-10-16-12-21(29(34,35)36)38-22(23(16)39)24(40)41/h4-13H,14H2,1-3H3,(H2,37,42)(H,40,41). The number of aromatic nitrogens is 2. The van der Waals surface area contributed by atoms with E-state index in [1.54, 1.807) is 24.3 Å². The third-order valence-corrected chi connectivity index (χ3v) is 7.34. The van der Waals surface area contributed by atoms with Crippen molar-refractivity contribution in [2.75, 3.05) is 0 Å². The normalized spacial score (nSPS) is 14.1. The van der Waals surface area contributed by atoms with Crippen LogP contribution in [0.4, 0.5) is 26.3 Å². The van der Waals surface area contributed by atoms with E-state index in [0.29, 0.717) is 17.7 Å². The first kappa shape index (κ1) is 30.9. The summed E-state index contributed by atoms with van der Waals surface area (Å²) < 4.78 is 83.3. The smallest absolute Gasteiger partial charge is 0.433 e. The predicted octanol–water partition coefficient (Wildman–Crippen LogP) is 7.19. The number of nitrogens with two attached hydrogens (primary N) is 1. The van der Waals surface area contributed by atoms with E-state index in [2.05, 4.69) is 4.98 Å². The number of amides is 1. The van der Waals surface area contributed by atoms with Crippen LogP contribution in [0.2, 0.25) is 5.02 Å². The fraction of sp³-hybridized carbons (Fsp3) is 0.276. The molecule has 2 heterocycles. The lowest BCUT2D eigenvalue weighted by molar-refractivity contribution is -0.141. The van der Waals surface area contributed by atoms with E-state index in [1.807, 2.05) is 20.8 Å². The number of rotatable bonds is 6. The Morgan fingerprint density at radius 3 is 2.00 bits per heavy atom. The first-order valence-electron chi connectivity index (χ1n) is 12.4. The largest absolute Gasteiger partial charge is 0.476 e. The van der Waals surface area contributed by atoms with Gasteiger partial charge >= 0.3 is 18.3 Å². The van der Waals surface area contributed by atoms with Crippen LogP contribution in [-0.2, 0) is 34.5 Å². The first-order valence-corrected chi connectivity index (χ1v) is 12.7. The molecule has 4 rings (SSSR count). The van der Waals surface area contributed by atoms with Crippen molar-refractivity contribution in [3.05, 3.63) is 99.5 Å². The number of pyridine rings is 1. The number of primary amides is 1. The second-order valence-corrected chi connectivity index (χ2v) is 11.2. The molecule has 0 aliphatic carbocycles. The van der Waals surface area contributed by atoms with Gasteiger partial charge < -0.3 is 15.4 Å². The van der Waals surface area contributed by atoms with Crippen LogP contribution in [0.1, 0.15) is 59.2 Å². The van der Waals surface area contributed by atoms with E-state index in [9.17, 15) is 41.0 Å². The highest BCUT2D eigenvalue weighted by Crippen LogP contribution is 2.42. The van der Waals surface area contributed by atoms with Gasteiger partial charge in [-0.2, -0.15) is 26.3 Å². The van der Waals surface area contributed by atoms with E-state index >= 15 is 0 Å². The molecule has 2 aromatic carbocycles. The molecule has 4 aromatic rings. The number of aromatic carboxylic acids is 1. The van der Waals surface area contributed by atoms with Crippen molar-refractivity contribution in [2.45, 2.75) is 50.5 Å². The van der Waals surface area contributed by atoms with Gasteiger partial charge in [0.05, 0.1) is 16.1 Å². The highest BCUT2D eigenvalue weighted by Gasteiger charge is 2.45. The maximum atomic E-state index is 13.9. The Morgan fingerprint density at radius 2 is 1.50 bits per heavy atom. The van der Waals surface area contributed by atoms with E-state index in [4.69, 9.17) is 17.3 Å². The monoisotopic (exact) mass is 611 g/mol. The maximum absolute atomic E-state index is 13.9. The van der Waals surface area contributed by atoms with Crippen LogP contribution in [0, 0.1) is 0 Å². The molecule has 6 nitrogen and oxygen atoms in total. The Kier molecular flexibility index (Phi) is 7.60. The third-order valence-electron chi connectivity index (χ3n) is 7.01. The Balaban J connectivity index is 2.11. The fourth-order valence-electron chi connectivity index (χ4n) is 4.87. The molecular weight excluding hydrogens is 588 g/mol. The van der Waals surface area contributed by atoms with Crippen LogP contribution in [0.5, 0.6) is 0 Å². The van der Waals surface area contributed by atoms with Gasteiger partial charge in [0, 0.05) is 18.0 Å². The summed E-state index contributed by atoms with van der Waals surface area (Å²) in [7, 11) is 0. The summed E-state index contributed by atoms with van der Waals surface area (Å²) in [6, 6.07) is 11.2. The van der Waals surface area contributed by atoms with Crippen molar-refractivity contribution in [2.24, 2.45) is 5.73 Å². The maximum Gasteiger partial charge on any atom is 0.433 e. The number of fused-ring (bicyclic) bond motifs is 1. The molecule has 0 saturated heterocycles. The molecular formula is C29H24ClF6N3O3. The molecule has 1 unspecified atom stereocenters. The molecule has 1 atom stereocenters. The minimum Gasteiger partial charge on any atom is -0.476 e. The zero-order valence-electron chi connectivity index (χ0n) is 22.4. The van der Waals surface area contributed by atoms with E-state index in [1.165, 1.54) is 0 Å². The second kappa shape index (κ2) is 10.3. The highest BCUT2D eigenvalue weighted by molar-refractivity contribution is 6.31. The Morgan fingerprint density at radius 1 is 0.905 bits per heavy atom. The van der Waals surface area contributed by atoms with Crippen molar-refractivity contribution < 1.29 is 41.0 Å². The van der Waals surface area contributed by atoms with Gasteiger partial charge in [0.25, 0.3) is 0 Å². The molecule has 0 saturated carbocycles. The predicted molar refractivity (Wildman–Crippen MR) is 143 cm³/mol. The summed E-state index contributed by atoms with van der Waals surface area (Å²) in [5.41, 5.74) is 0.124. The zero-order chi connectivity index (χ0) is 31.4. The van der Waals surface area contributed by atoms with Gasteiger partial charge in [-0.3, -0.25) is 4.79 Å². The van der Waals surface area contributed by atoms with Crippen molar-refractivity contribution in [1.29, 1.82) is 0 Å². The third kappa shape index (κ3) is 5.55. The number of carbonyl (C=O) groups is 2. The van der Waals surface area contributed by atoms with Gasteiger partial charge in [0.2, 0.25) is 5.91 Å². The van der Waals surface area contributed by atoms with Gasteiger partial charge in [0.15, 0.2) is 11.2 Å². The number of alkyl halides is 6. The number of carboxylic acid groups (broad SMARTS) is 1. The van der Waals surface area contributed by atoms with Crippen LogP contribution >= 0.6 is 11.6 Å². The van der Waals surface area contributed by atoms with Gasteiger partial charge in [-0.1, -0.05) is 62.7 Å². The van der Waals surface area contributed by atoms with Crippen LogP contribution in [0.15, 0.2) is 60.8 Å². The van der Waals surface area contributed by atoms with E-state index in [-0.39, 0.29) is 16.4 Å². The SMILES string of the molecule is CC(C)(C)c1ccc(CC(C(N)=O)(c2ccc(Cl)c(C(F)(F)F)c2)n2ccc3cc(C(F)(F)F)nc(C(=O)O)c32)cc1. The average molecular weight is 612 g/mol. The molecule has 0 spiro atoms. The van der Waals surface area contributed by atoms with Gasteiger partial charge in [0.1, 0.15) is 5.69 Å². The summed E-state index contributed by atoms with van der Waals surface area (Å²) in [6.07, 6.45) is -9.24. The summed E-state index contributed by atoms with van der Waals surface area (Å²) in [5.74, 6) is -3.06. The fourth-order valence-corrected chi connectivity index (χ4v) is 5.10. The number of hydrogen-bond donors (Lipinski definition) is 2. The van der Waals surface area contributed by atoms with Crippen LogP contribution < -0.4 is 5.73 Å². The number of carboxylic acids is 1. The lowest BCUT2D eigenvalue weighted by Crippen LogP contribution is -2.49. The van der Waals surface area contributed by atoms with Crippen molar-refractivity contribution in [3.63, 3.8) is 0 Å². The first-order chi connectivity index (χ1) is 19.3. The van der Waals surface area contributed by atoms with E-state index in [0.717, 1.165) is 34.5 Å². The van der Waals surface area contributed by atoms with Crippen LogP contribution in [0.25, 0.3) is 10.9 Å². The number of carbonyl (C=O) groups excluding carboxylic acids is 1. The molecule has 1 amide bonds. The van der Waals surface area contributed by atoms with Gasteiger partial charge in [-0.25, -0.2) is 9.78 Å². The Hall–Kier alpha value is -4.06. The average Bonchev–Trinajstić information content (AvgIpc) is 3.30.